The van der Waals surface area contributed by atoms with E-state index in [2.05, 4.69) is 15.9 Å². The van der Waals surface area contributed by atoms with Crippen LogP contribution in [0.2, 0.25) is 0 Å². The highest BCUT2D eigenvalue weighted by molar-refractivity contribution is 9.10. The van der Waals surface area contributed by atoms with Gasteiger partial charge in [0.2, 0.25) is 0 Å². The van der Waals surface area contributed by atoms with Crippen LogP contribution in [-0.4, -0.2) is 28.9 Å². The minimum atomic E-state index is -0.541. The number of halogens is 2. The maximum Gasteiger partial charge on any atom is 0.257 e. The van der Waals surface area contributed by atoms with Crippen LogP contribution < -0.4 is 5.73 Å². The van der Waals surface area contributed by atoms with Gasteiger partial charge in [-0.05, 0) is 35.0 Å². The van der Waals surface area contributed by atoms with Crippen molar-refractivity contribution < 1.29 is 9.18 Å². The Balaban J connectivity index is 2.99. The third-order valence-corrected chi connectivity index (χ3v) is 3.89. The molecular formula is C13H16BrFN2OS. The molecule has 19 heavy (non-hydrogen) atoms. The summed E-state index contributed by atoms with van der Waals surface area (Å²) in [6, 6.07) is 4.45. The highest BCUT2D eigenvalue weighted by atomic mass is 79.9. The first-order valence-electron chi connectivity index (χ1n) is 5.91. The van der Waals surface area contributed by atoms with Gasteiger partial charge in [-0.2, -0.15) is 0 Å². The summed E-state index contributed by atoms with van der Waals surface area (Å²) in [4.78, 5) is 14.2. The minimum Gasteiger partial charge on any atom is -0.393 e. The van der Waals surface area contributed by atoms with E-state index in [0.717, 1.165) is 0 Å². The third kappa shape index (κ3) is 3.98. The Morgan fingerprint density at radius 3 is 2.68 bits per heavy atom. The topological polar surface area (TPSA) is 46.3 Å². The van der Waals surface area contributed by atoms with Crippen LogP contribution in [-0.2, 0) is 0 Å². The standard InChI is InChI=1S/C13H16BrFN2OS/c1-3-17(7-8(2)12(16)19)13(18)11-9(14)5-4-6-10(11)15/h4-6,8H,3,7H2,1-2H3,(H2,16,19). The number of nitrogens with zero attached hydrogens (tertiary/aromatic N) is 1. The Kier molecular flexibility index (Phi) is 5.87. The average molecular weight is 347 g/mol. The molecule has 0 heterocycles. The molecule has 0 saturated carbocycles. The molecule has 2 N–H and O–H groups in total. The van der Waals surface area contributed by atoms with Crippen LogP contribution in [0.15, 0.2) is 22.7 Å². The lowest BCUT2D eigenvalue weighted by Crippen LogP contribution is -2.38. The number of thiocarbonyl (C=S) groups is 1. The van der Waals surface area contributed by atoms with Crippen molar-refractivity contribution in [1.82, 2.24) is 4.90 Å². The van der Waals surface area contributed by atoms with Crippen molar-refractivity contribution in [3.8, 4) is 0 Å². The van der Waals surface area contributed by atoms with Gasteiger partial charge >= 0.3 is 0 Å². The van der Waals surface area contributed by atoms with E-state index in [1.165, 1.54) is 11.0 Å². The van der Waals surface area contributed by atoms with Crippen molar-refractivity contribution in [2.24, 2.45) is 11.7 Å². The number of rotatable bonds is 5. The molecule has 1 aromatic carbocycles. The van der Waals surface area contributed by atoms with Crippen molar-refractivity contribution in [3.63, 3.8) is 0 Å². The van der Waals surface area contributed by atoms with Crippen LogP contribution >= 0.6 is 28.1 Å². The summed E-state index contributed by atoms with van der Waals surface area (Å²) in [5, 5.41) is 0. The van der Waals surface area contributed by atoms with Gasteiger partial charge in [0.05, 0.1) is 10.6 Å². The molecule has 1 amide bonds. The zero-order valence-electron chi connectivity index (χ0n) is 10.8. The molecule has 0 aliphatic heterocycles. The highest BCUT2D eigenvalue weighted by Gasteiger charge is 2.22. The number of carbonyl (C=O) groups is 1. The molecule has 3 nitrogen and oxygen atoms in total. The Morgan fingerprint density at radius 2 is 2.21 bits per heavy atom. The molecule has 0 aliphatic carbocycles. The maximum atomic E-state index is 13.8. The van der Waals surface area contributed by atoms with E-state index in [1.54, 1.807) is 12.1 Å². The fourth-order valence-electron chi connectivity index (χ4n) is 1.64. The molecule has 0 aromatic heterocycles. The first kappa shape index (κ1) is 16.0. The molecule has 0 aliphatic rings. The van der Waals surface area contributed by atoms with Crippen LogP contribution in [0.3, 0.4) is 0 Å². The molecule has 0 bridgehead atoms. The number of benzene rings is 1. The third-order valence-electron chi connectivity index (χ3n) is 2.83. The van der Waals surface area contributed by atoms with E-state index in [9.17, 15) is 9.18 Å². The number of hydrogen-bond acceptors (Lipinski definition) is 2. The van der Waals surface area contributed by atoms with Gasteiger partial charge in [-0.15, -0.1) is 0 Å². The summed E-state index contributed by atoms with van der Waals surface area (Å²) >= 11 is 8.10. The van der Waals surface area contributed by atoms with Gasteiger partial charge in [-0.25, -0.2) is 4.39 Å². The lowest BCUT2D eigenvalue weighted by molar-refractivity contribution is 0.0749. The number of carbonyl (C=O) groups excluding carboxylic acids is 1. The normalized spacial score (nSPS) is 12.0. The van der Waals surface area contributed by atoms with Crippen molar-refractivity contribution in [2.75, 3.05) is 13.1 Å². The zero-order valence-corrected chi connectivity index (χ0v) is 13.2. The van der Waals surface area contributed by atoms with Gasteiger partial charge in [0.1, 0.15) is 5.82 Å². The molecule has 0 saturated heterocycles. The molecule has 0 spiro atoms. The molecule has 1 aromatic rings. The monoisotopic (exact) mass is 346 g/mol. The molecule has 0 fully saturated rings. The van der Waals surface area contributed by atoms with Gasteiger partial charge < -0.3 is 10.6 Å². The van der Waals surface area contributed by atoms with Gasteiger partial charge in [0.15, 0.2) is 0 Å². The number of nitrogens with two attached hydrogens (primary N) is 1. The number of hydrogen-bond donors (Lipinski definition) is 1. The predicted molar refractivity (Wildman–Crippen MR) is 81.6 cm³/mol. The predicted octanol–water partition coefficient (Wildman–Crippen LogP) is 2.97. The van der Waals surface area contributed by atoms with Gasteiger partial charge in [0.25, 0.3) is 5.91 Å². The Hall–Kier alpha value is -1.01. The largest absolute Gasteiger partial charge is 0.393 e. The Labute approximate surface area is 126 Å². The Bertz CT molecular complexity index is 475. The van der Waals surface area contributed by atoms with Gasteiger partial charge in [0, 0.05) is 23.5 Å². The van der Waals surface area contributed by atoms with Crippen LogP contribution in [0, 0.1) is 11.7 Å². The van der Waals surface area contributed by atoms with E-state index in [-0.39, 0.29) is 17.4 Å². The van der Waals surface area contributed by atoms with Crippen molar-refractivity contribution in [3.05, 3.63) is 34.1 Å². The van der Waals surface area contributed by atoms with Crippen LogP contribution in [0.1, 0.15) is 24.2 Å². The molecule has 0 radical (unpaired) electrons. The zero-order chi connectivity index (χ0) is 14.6. The van der Waals surface area contributed by atoms with Crippen molar-refractivity contribution in [2.45, 2.75) is 13.8 Å². The van der Waals surface area contributed by atoms with Crippen molar-refractivity contribution >= 4 is 39.0 Å². The molecule has 1 atom stereocenters. The lowest BCUT2D eigenvalue weighted by atomic mass is 10.1. The minimum absolute atomic E-state index is 0.0412. The second-order valence-electron chi connectivity index (χ2n) is 4.24. The van der Waals surface area contributed by atoms with E-state index in [0.29, 0.717) is 22.6 Å². The molecular weight excluding hydrogens is 331 g/mol. The van der Waals surface area contributed by atoms with Gasteiger partial charge in [-0.1, -0.05) is 25.2 Å². The summed E-state index contributed by atoms with van der Waals surface area (Å²) in [6.45, 7) is 4.52. The quantitative estimate of drug-likeness (QED) is 0.833. The number of amides is 1. The fourth-order valence-corrected chi connectivity index (χ4v) is 2.22. The summed E-state index contributed by atoms with van der Waals surface area (Å²) in [6.07, 6.45) is 0. The molecule has 6 heteroatoms. The summed E-state index contributed by atoms with van der Waals surface area (Å²) < 4.78 is 14.2. The first-order valence-corrected chi connectivity index (χ1v) is 7.11. The molecule has 1 rings (SSSR count). The van der Waals surface area contributed by atoms with E-state index in [1.807, 2.05) is 13.8 Å². The summed E-state index contributed by atoms with van der Waals surface area (Å²) in [5.74, 6) is -1.01. The highest BCUT2D eigenvalue weighted by Crippen LogP contribution is 2.21. The van der Waals surface area contributed by atoms with E-state index in [4.69, 9.17) is 18.0 Å². The van der Waals surface area contributed by atoms with Crippen LogP contribution in [0.25, 0.3) is 0 Å². The van der Waals surface area contributed by atoms with E-state index >= 15 is 0 Å². The van der Waals surface area contributed by atoms with Crippen molar-refractivity contribution in [1.29, 1.82) is 0 Å². The average Bonchev–Trinajstić information content (AvgIpc) is 2.34. The second-order valence-corrected chi connectivity index (χ2v) is 5.57. The van der Waals surface area contributed by atoms with Crippen LogP contribution in [0.5, 0.6) is 0 Å². The molecule has 104 valence electrons. The summed E-state index contributed by atoms with van der Waals surface area (Å²) in [5.41, 5.74) is 5.59. The first-order chi connectivity index (χ1) is 8.88. The smallest absolute Gasteiger partial charge is 0.257 e. The van der Waals surface area contributed by atoms with Crippen LogP contribution in [0.4, 0.5) is 4.39 Å². The van der Waals surface area contributed by atoms with E-state index < -0.39 is 5.82 Å². The SMILES string of the molecule is CCN(CC(C)C(N)=S)C(=O)c1c(F)cccc1Br. The Morgan fingerprint density at radius 1 is 1.58 bits per heavy atom. The lowest BCUT2D eigenvalue weighted by Gasteiger charge is -2.24. The summed E-state index contributed by atoms with van der Waals surface area (Å²) in [7, 11) is 0. The fraction of sp³-hybridized carbons (Fsp3) is 0.385. The van der Waals surface area contributed by atoms with Gasteiger partial charge in [-0.3, -0.25) is 4.79 Å². The maximum absolute atomic E-state index is 13.8. The molecule has 1 unspecified atom stereocenters. The second kappa shape index (κ2) is 6.96.